The number of nitrogens with one attached hydrogen (secondary N) is 1. The molecule has 4 atom stereocenters. The van der Waals surface area contributed by atoms with Gasteiger partial charge in [0.1, 0.15) is 5.75 Å². The fourth-order valence-corrected chi connectivity index (χ4v) is 4.36. The molecule has 0 bridgehead atoms. The fraction of sp³-hybridized carbons (Fsp3) is 0.700. The van der Waals surface area contributed by atoms with E-state index in [0.717, 1.165) is 24.3 Å². The maximum Gasteiger partial charge on any atom is 0.120 e. The molecular weight excluding hydrogens is 302 g/mol. The van der Waals surface area contributed by atoms with E-state index in [2.05, 4.69) is 19.2 Å². The zero-order valence-electron chi connectivity index (χ0n) is 15.3. The molecule has 134 valence electrons. The Hall–Kier alpha value is -1.10. The van der Waals surface area contributed by atoms with E-state index >= 15 is 0 Å². The van der Waals surface area contributed by atoms with Gasteiger partial charge in [-0.25, -0.2) is 0 Å². The molecule has 1 heterocycles. The smallest absolute Gasteiger partial charge is 0.120 e. The molecule has 2 aliphatic rings. The van der Waals surface area contributed by atoms with Crippen LogP contribution in [0.1, 0.15) is 52.2 Å². The molecule has 1 aliphatic heterocycles. The summed E-state index contributed by atoms with van der Waals surface area (Å²) < 4.78 is 11.7. The third-order valence-corrected chi connectivity index (χ3v) is 5.48. The summed E-state index contributed by atoms with van der Waals surface area (Å²) in [6, 6.07) is 8.17. The van der Waals surface area contributed by atoms with Crippen molar-refractivity contribution in [3.63, 3.8) is 0 Å². The van der Waals surface area contributed by atoms with Crippen molar-refractivity contribution in [2.24, 2.45) is 11.3 Å². The highest BCUT2D eigenvalue weighted by molar-refractivity contribution is 5.30. The van der Waals surface area contributed by atoms with Crippen LogP contribution in [0.5, 0.6) is 5.75 Å². The van der Waals surface area contributed by atoms with Crippen LogP contribution in [0.15, 0.2) is 24.3 Å². The molecule has 0 amide bonds. The van der Waals surface area contributed by atoms with Gasteiger partial charge in [-0.3, -0.25) is 0 Å². The van der Waals surface area contributed by atoms with Gasteiger partial charge in [-0.05, 0) is 44.4 Å². The van der Waals surface area contributed by atoms with Gasteiger partial charge in [-0.1, -0.05) is 26.0 Å². The monoisotopic (exact) mass is 333 g/mol. The topological polar surface area (TPSA) is 50.7 Å². The lowest BCUT2D eigenvalue weighted by atomic mass is 9.55. The van der Waals surface area contributed by atoms with Gasteiger partial charge in [0.05, 0.1) is 18.3 Å². The van der Waals surface area contributed by atoms with Crippen molar-refractivity contribution < 1.29 is 14.6 Å². The van der Waals surface area contributed by atoms with Crippen molar-refractivity contribution in [2.75, 3.05) is 13.2 Å². The highest BCUT2D eigenvalue weighted by Crippen LogP contribution is 2.51. The second-order valence-corrected chi connectivity index (χ2v) is 8.06. The summed E-state index contributed by atoms with van der Waals surface area (Å²) in [6.07, 6.45) is 2.34. The second-order valence-electron chi connectivity index (χ2n) is 8.06. The van der Waals surface area contributed by atoms with Crippen LogP contribution >= 0.6 is 0 Å². The fourth-order valence-electron chi connectivity index (χ4n) is 4.36. The van der Waals surface area contributed by atoms with Crippen LogP contribution in [0.3, 0.4) is 0 Å². The first kappa shape index (κ1) is 17.7. The maximum absolute atomic E-state index is 10.6. The van der Waals surface area contributed by atoms with Crippen molar-refractivity contribution in [3.05, 3.63) is 29.8 Å². The Morgan fingerprint density at radius 1 is 1.38 bits per heavy atom. The minimum Gasteiger partial charge on any atom is -0.491 e. The average Bonchev–Trinajstić information content (AvgIpc) is 2.54. The third-order valence-electron chi connectivity index (χ3n) is 5.48. The summed E-state index contributed by atoms with van der Waals surface area (Å²) in [6.45, 7) is 9.99. The molecule has 0 unspecified atom stereocenters. The molecule has 1 aromatic carbocycles. The molecule has 0 aromatic heterocycles. The van der Waals surface area contributed by atoms with Crippen molar-refractivity contribution in [1.29, 1.82) is 0 Å². The standard InChI is InChI=1S/C20H31NO3/c1-13(2)24-15-8-5-7-14(11-15)17(22)12-21-18-16-9-6-10-23-19(16)20(18,3)4/h5,7-8,11,13,16-19,21-22H,6,9-10,12H2,1-4H3/t16-,17+,18+,19+/m0/s1. The molecule has 1 aromatic rings. The molecule has 24 heavy (non-hydrogen) atoms. The van der Waals surface area contributed by atoms with Crippen LogP contribution in [-0.2, 0) is 4.74 Å². The van der Waals surface area contributed by atoms with Crippen LogP contribution in [-0.4, -0.2) is 36.5 Å². The maximum atomic E-state index is 10.6. The van der Waals surface area contributed by atoms with Gasteiger partial charge >= 0.3 is 0 Å². The van der Waals surface area contributed by atoms with E-state index in [-0.39, 0.29) is 11.5 Å². The Kier molecular flexibility index (Phi) is 5.19. The quantitative estimate of drug-likeness (QED) is 0.839. The van der Waals surface area contributed by atoms with E-state index in [1.807, 2.05) is 38.1 Å². The number of aliphatic hydroxyl groups excluding tert-OH is 1. The van der Waals surface area contributed by atoms with Crippen LogP contribution in [0.2, 0.25) is 0 Å². The first-order valence-corrected chi connectivity index (χ1v) is 9.19. The van der Waals surface area contributed by atoms with Crippen molar-refractivity contribution in [2.45, 2.75) is 64.9 Å². The minimum absolute atomic E-state index is 0.132. The van der Waals surface area contributed by atoms with Crippen LogP contribution < -0.4 is 10.1 Å². The SMILES string of the molecule is CC(C)Oc1cccc([C@H](O)CN[C@@H]2[C@@H]3CCCO[C@H]3C2(C)C)c1. The number of ether oxygens (including phenoxy) is 2. The zero-order chi connectivity index (χ0) is 17.3. The average molecular weight is 333 g/mol. The molecular formula is C20H31NO3. The molecule has 2 fully saturated rings. The molecule has 1 saturated heterocycles. The Labute approximate surface area is 145 Å². The van der Waals surface area contributed by atoms with Gasteiger partial charge in [0.25, 0.3) is 0 Å². The molecule has 0 spiro atoms. The van der Waals surface area contributed by atoms with E-state index in [4.69, 9.17) is 9.47 Å². The Morgan fingerprint density at radius 3 is 2.92 bits per heavy atom. The van der Waals surface area contributed by atoms with E-state index in [0.29, 0.717) is 24.6 Å². The minimum atomic E-state index is -0.528. The van der Waals surface area contributed by atoms with Crippen molar-refractivity contribution in [1.82, 2.24) is 5.32 Å². The Bertz CT molecular complexity index is 558. The van der Waals surface area contributed by atoms with Gasteiger partial charge in [0.2, 0.25) is 0 Å². The number of benzene rings is 1. The van der Waals surface area contributed by atoms with Gasteiger partial charge in [-0.15, -0.1) is 0 Å². The first-order chi connectivity index (χ1) is 11.4. The molecule has 0 radical (unpaired) electrons. The number of hydrogen-bond acceptors (Lipinski definition) is 4. The van der Waals surface area contributed by atoms with Gasteiger partial charge in [0.15, 0.2) is 0 Å². The lowest BCUT2D eigenvalue weighted by molar-refractivity contribution is -0.193. The molecule has 4 nitrogen and oxygen atoms in total. The van der Waals surface area contributed by atoms with Crippen LogP contribution in [0.25, 0.3) is 0 Å². The number of rotatable bonds is 6. The highest BCUT2D eigenvalue weighted by atomic mass is 16.5. The molecule has 3 rings (SSSR count). The van der Waals surface area contributed by atoms with Crippen LogP contribution in [0, 0.1) is 11.3 Å². The van der Waals surface area contributed by atoms with Crippen LogP contribution in [0.4, 0.5) is 0 Å². The second kappa shape index (κ2) is 7.03. The molecule has 1 saturated carbocycles. The highest BCUT2D eigenvalue weighted by Gasteiger charge is 2.57. The Balaban J connectivity index is 1.58. The summed E-state index contributed by atoms with van der Waals surface area (Å²) in [5.41, 5.74) is 1.03. The van der Waals surface area contributed by atoms with Gasteiger partial charge in [-0.2, -0.15) is 0 Å². The van der Waals surface area contributed by atoms with E-state index in [1.54, 1.807) is 0 Å². The number of fused-ring (bicyclic) bond motifs is 1. The first-order valence-electron chi connectivity index (χ1n) is 9.19. The number of hydrogen-bond donors (Lipinski definition) is 2. The van der Waals surface area contributed by atoms with Gasteiger partial charge < -0.3 is 19.9 Å². The third kappa shape index (κ3) is 3.46. The summed E-state index contributed by atoms with van der Waals surface area (Å²) in [7, 11) is 0. The van der Waals surface area contributed by atoms with E-state index < -0.39 is 6.10 Å². The largest absolute Gasteiger partial charge is 0.491 e. The summed E-state index contributed by atoms with van der Waals surface area (Å²) in [5.74, 6) is 1.39. The summed E-state index contributed by atoms with van der Waals surface area (Å²) in [5, 5.41) is 14.2. The van der Waals surface area contributed by atoms with E-state index in [1.165, 1.54) is 6.42 Å². The predicted octanol–water partition coefficient (Wildman–Crippen LogP) is 3.30. The normalized spacial score (nSPS) is 29.7. The predicted molar refractivity (Wildman–Crippen MR) is 95.2 cm³/mol. The van der Waals surface area contributed by atoms with Crippen molar-refractivity contribution in [3.8, 4) is 5.75 Å². The lowest BCUT2D eigenvalue weighted by Gasteiger charge is -2.60. The summed E-state index contributed by atoms with van der Waals surface area (Å²) in [4.78, 5) is 0. The molecule has 1 aliphatic carbocycles. The zero-order valence-corrected chi connectivity index (χ0v) is 15.3. The van der Waals surface area contributed by atoms with E-state index in [9.17, 15) is 5.11 Å². The van der Waals surface area contributed by atoms with Gasteiger partial charge in [0, 0.05) is 30.5 Å². The number of aliphatic hydroxyl groups is 1. The summed E-state index contributed by atoms with van der Waals surface area (Å²) >= 11 is 0. The molecule has 2 N–H and O–H groups in total. The Morgan fingerprint density at radius 2 is 2.17 bits per heavy atom. The van der Waals surface area contributed by atoms with Crippen molar-refractivity contribution >= 4 is 0 Å². The lowest BCUT2D eigenvalue weighted by Crippen LogP contribution is -2.69. The molecule has 4 heteroatoms.